The van der Waals surface area contributed by atoms with Gasteiger partial charge in [-0.25, -0.2) is 12.8 Å². The van der Waals surface area contributed by atoms with E-state index in [0.717, 1.165) is 16.9 Å². The summed E-state index contributed by atoms with van der Waals surface area (Å²) >= 11 is 1.02. The highest BCUT2D eigenvalue weighted by Gasteiger charge is 2.38. The molecule has 0 saturated carbocycles. The molecule has 1 saturated heterocycles. The Kier molecular flexibility index (Phi) is 5.63. The molecule has 1 aliphatic heterocycles. The van der Waals surface area contributed by atoms with E-state index in [1.807, 2.05) is 6.92 Å². The zero-order chi connectivity index (χ0) is 21.3. The van der Waals surface area contributed by atoms with Gasteiger partial charge in [0.2, 0.25) is 15.0 Å². The van der Waals surface area contributed by atoms with E-state index in [0.29, 0.717) is 24.4 Å². The van der Waals surface area contributed by atoms with E-state index in [9.17, 15) is 17.6 Å². The third kappa shape index (κ3) is 3.98. The molecular weight excluding hydrogens is 427 g/mol. The minimum absolute atomic E-state index is 0.0451. The van der Waals surface area contributed by atoms with Crippen LogP contribution in [0.3, 0.4) is 0 Å². The number of para-hydroxylation sites is 1. The van der Waals surface area contributed by atoms with E-state index in [-0.39, 0.29) is 15.6 Å². The number of carbonyl (C=O) groups excluding carboxylic acids is 1. The molecule has 0 aliphatic carbocycles. The lowest BCUT2D eigenvalue weighted by molar-refractivity contribution is 0.102. The van der Waals surface area contributed by atoms with Gasteiger partial charge in [0.15, 0.2) is 0 Å². The quantitative estimate of drug-likeness (QED) is 0.644. The number of carbonyl (C=O) groups is 1. The molecule has 1 aromatic heterocycles. The van der Waals surface area contributed by atoms with E-state index >= 15 is 0 Å². The van der Waals surface area contributed by atoms with Crippen LogP contribution in [-0.2, 0) is 10.0 Å². The molecule has 10 heteroatoms. The molecule has 0 radical (unpaired) electrons. The van der Waals surface area contributed by atoms with Crippen LogP contribution in [0.1, 0.15) is 39.3 Å². The fraction of sp³-hybridized carbons (Fsp3) is 0.250. The molecule has 2 aromatic carbocycles. The number of hydrogen-bond acceptors (Lipinski definition) is 6. The molecule has 1 amide bonds. The van der Waals surface area contributed by atoms with Gasteiger partial charge in [0.05, 0.1) is 16.6 Å². The van der Waals surface area contributed by atoms with Gasteiger partial charge in [0.1, 0.15) is 10.8 Å². The van der Waals surface area contributed by atoms with Crippen LogP contribution >= 0.6 is 11.3 Å². The van der Waals surface area contributed by atoms with E-state index in [1.54, 1.807) is 30.3 Å². The topological polar surface area (TPSA) is 92.3 Å². The molecule has 30 heavy (non-hydrogen) atoms. The summed E-state index contributed by atoms with van der Waals surface area (Å²) in [5.74, 6) is -1.14. The Bertz CT molecular complexity index is 1180. The number of nitrogens with one attached hydrogen (secondary N) is 1. The van der Waals surface area contributed by atoms with E-state index in [4.69, 9.17) is 0 Å². The number of amides is 1. The lowest BCUT2D eigenvalue weighted by Crippen LogP contribution is -2.30. The Morgan fingerprint density at radius 2 is 1.90 bits per heavy atom. The first-order valence-corrected chi connectivity index (χ1v) is 11.6. The average molecular weight is 447 g/mol. The molecule has 7 nitrogen and oxygen atoms in total. The van der Waals surface area contributed by atoms with Gasteiger partial charge in [-0.3, -0.25) is 4.79 Å². The average Bonchev–Trinajstić information content (AvgIpc) is 3.40. The van der Waals surface area contributed by atoms with Gasteiger partial charge in [-0.05, 0) is 44.0 Å². The van der Waals surface area contributed by atoms with Crippen molar-refractivity contribution in [2.75, 3.05) is 11.9 Å². The summed E-state index contributed by atoms with van der Waals surface area (Å²) in [7, 11) is -3.70. The molecule has 1 aliphatic rings. The summed E-state index contributed by atoms with van der Waals surface area (Å²) in [6, 6.07) is 12.0. The summed E-state index contributed by atoms with van der Waals surface area (Å²) in [6.45, 7) is 2.27. The first kappa shape index (κ1) is 20.6. The number of benzene rings is 2. The number of aromatic nitrogens is 2. The van der Waals surface area contributed by atoms with Crippen LogP contribution in [0, 0.1) is 12.7 Å². The second-order valence-electron chi connectivity index (χ2n) is 6.97. The van der Waals surface area contributed by atoms with Gasteiger partial charge in [-0.15, -0.1) is 10.2 Å². The fourth-order valence-corrected chi connectivity index (χ4v) is 5.93. The second-order valence-corrected chi connectivity index (χ2v) is 9.87. The summed E-state index contributed by atoms with van der Waals surface area (Å²) in [4.78, 5) is 12.6. The molecule has 2 heterocycles. The van der Waals surface area contributed by atoms with Crippen molar-refractivity contribution >= 4 is 33.0 Å². The highest BCUT2D eigenvalue weighted by atomic mass is 32.2. The minimum Gasteiger partial charge on any atom is -0.317 e. The first-order valence-electron chi connectivity index (χ1n) is 9.34. The molecular formula is C20H19FN4O3S2. The van der Waals surface area contributed by atoms with Crippen LogP contribution in [0.2, 0.25) is 0 Å². The summed E-state index contributed by atoms with van der Waals surface area (Å²) in [5.41, 5.74) is 1.02. The van der Waals surface area contributed by atoms with E-state index < -0.39 is 27.8 Å². The molecule has 1 fully saturated rings. The molecule has 0 bridgehead atoms. The maximum absolute atomic E-state index is 13.8. The largest absolute Gasteiger partial charge is 0.317 e. The van der Waals surface area contributed by atoms with Crippen molar-refractivity contribution in [3.8, 4) is 0 Å². The van der Waals surface area contributed by atoms with Crippen molar-refractivity contribution in [1.29, 1.82) is 0 Å². The normalized spacial score (nSPS) is 17.2. The monoisotopic (exact) mass is 446 g/mol. The molecule has 4 rings (SSSR count). The van der Waals surface area contributed by atoms with Gasteiger partial charge < -0.3 is 5.32 Å². The highest BCUT2D eigenvalue weighted by Crippen LogP contribution is 2.37. The molecule has 156 valence electrons. The number of aryl methyl sites for hydroxylation is 1. The van der Waals surface area contributed by atoms with Gasteiger partial charge in [0.25, 0.3) is 5.91 Å². The van der Waals surface area contributed by atoms with Gasteiger partial charge in [0, 0.05) is 6.54 Å². The molecule has 0 unspecified atom stereocenters. The fourth-order valence-electron chi connectivity index (χ4n) is 3.32. The zero-order valence-corrected chi connectivity index (χ0v) is 17.7. The molecule has 1 atom stereocenters. The summed E-state index contributed by atoms with van der Waals surface area (Å²) in [5, 5.41) is 10.9. The van der Waals surface area contributed by atoms with Gasteiger partial charge in [-0.2, -0.15) is 4.31 Å². The Morgan fingerprint density at radius 3 is 2.63 bits per heavy atom. The maximum Gasteiger partial charge on any atom is 0.286 e. The van der Waals surface area contributed by atoms with Crippen LogP contribution in [0.15, 0.2) is 53.4 Å². The Morgan fingerprint density at radius 1 is 1.17 bits per heavy atom. The number of halogens is 1. The minimum atomic E-state index is -3.70. The second kappa shape index (κ2) is 8.21. The molecule has 1 N–H and O–H groups in total. The lowest BCUT2D eigenvalue weighted by atomic mass is 10.2. The maximum atomic E-state index is 13.8. The number of sulfonamides is 1. The number of nitrogens with zero attached hydrogens (tertiary/aromatic N) is 3. The van der Waals surface area contributed by atoms with Crippen molar-refractivity contribution in [1.82, 2.24) is 14.5 Å². The standard InChI is InChI=1S/C20H19FN4O3S2/c1-13-8-10-14(11-9-13)30(27,28)25-12-4-7-17(25)19-23-24-20(29-19)18(26)22-16-6-3-2-5-15(16)21/h2-3,5-6,8-11,17H,4,7,12H2,1H3,(H,22,26)/t17-/m0/s1. The lowest BCUT2D eigenvalue weighted by Gasteiger charge is -2.22. The number of anilines is 1. The third-order valence-corrected chi connectivity index (χ3v) is 7.82. The van der Waals surface area contributed by atoms with Crippen LogP contribution in [0.5, 0.6) is 0 Å². The molecule has 0 spiro atoms. The highest BCUT2D eigenvalue weighted by molar-refractivity contribution is 7.89. The van der Waals surface area contributed by atoms with Crippen molar-refractivity contribution in [3.05, 3.63) is 69.9 Å². The van der Waals surface area contributed by atoms with Crippen LogP contribution in [0.25, 0.3) is 0 Å². The molecule has 3 aromatic rings. The summed E-state index contributed by atoms with van der Waals surface area (Å²) < 4.78 is 41.4. The van der Waals surface area contributed by atoms with E-state index in [1.165, 1.54) is 22.5 Å². The van der Waals surface area contributed by atoms with Crippen molar-refractivity contribution in [3.63, 3.8) is 0 Å². The Balaban J connectivity index is 1.55. The summed E-state index contributed by atoms with van der Waals surface area (Å²) in [6.07, 6.45) is 1.28. The SMILES string of the molecule is Cc1ccc(S(=O)(=O)N2CCC[C@H]2c2nnc(C(=O)Nc3ccccc3F)s2)cc1. The predicted molar refractivity (Wildman–Crippen MR) is 111 cm³/mol. The van der Waals surface area contributed by atoms with Crippen molar-refractivity contribution in [2.24, 2.45) is 0 Å². The zero-order valence-electron chi connectivity index (χ0n) is 16.1. The predicted octanol–water partition coefficient (Wildman–Crippen LogP) is 3.76. The third-order valence-electron chi connectivity index (χ3n) is 4.87. The smallest absolute Gasteiger partial charge is 0.286 e. The van der Waals surface area contributed by atoms with Crippen molar-refractivity contribution in [2.45, 2.75) is 30.7 Å². The Hall–Kier alpha value is -2.69. The Labute approximate surface area is 177 Å². The van der Waals surface area contributed by atoms with Gasteiger partial charge in [-0.1, -0.05) is 41.2 Å². The van der Waals surface area contributed by atoms with Crippen LogP contribution in [0.4, 0.5) is 10.1 Å². The van der Waals surface area contributed by atoms with E-state index in [2.05, 4.69) is 15.5 Å². The van der Waals surface area contributed by atoms with Crippen LogP contribution < -0.4 is 5.32 Å². The number of rotatable bonds is 5. The van der Waals surface area contributed by atoms with Gasteiger partial charge >= 0.3 is 0 Å². The van der Waals surface area contributed by atoms with Crippen LogP contribution in [-0.4, -0.2) is 35.4 Å². The van der Waals surface area contributed by atoms with Crippen molar-refractivity contribution < 1.29 is 17.6 Å². The number of hydrogen-bond donors (Lipinski definition) is 1. The first-order chi connectivity index (χ1) is 14.4.